The van der Waals surface area contributed by atoms with Crippen LogP contribution < -0.4 is 15.2 Å². The van der Waals surface area contributed by atoms with Gasteiger partial charge in [0.1, 0.15) is 11.5 Å². The summed E-state index contributed by atoms with van der Waals surface area (Å²) in [5, 5.41) is 0. The van der Waals surface area contributed by atoms with E-state index in [2.05, 4.69) is 13.8 Å². The summed E-state index contributed by atoms with van der Waals surface area (Å²) in [5.41, 5.74) is 7.15. The monoisotopic (exact) mass is 223 g/mol. The van der Waals surface area contributed by atoms with E-state index in [0.717, 1.165) is 23.5 Å². The molecule has 0 heterocycles. The molecule has 0 saturated heterocycles. The third-order valence-corrected chi connectivity index (χ3v) is 2.56. The maximum absolute atomic E-state index is 6.19. The number of hydrogen-bond acceptors (Lipinski definition) is 3. The van der Waals surface area contributed by atoms with Crippen molar-refractivity contribution in [2.75, 3.05) is 14.2 Å². The molecule has 3 nitrogen and oxygen atoms in total. The van der Waals surface area contributed by atoms with Crippen molar-refractivity contribution >= 4 is 0 Å². The number of hydrogen-bond donors (Lipinski definition) is 1. The Labute approximate surface area is 97.6 Å². The molecule has 0 aliphatic carbocycles. The molecule has 3 heteroatoms. The van der Waals surface area contributed by atoms with Gasteiger partial charge in [-0.05, 0) is 24.5 Å². The molecule has 16 heavy (non-hydrogen) atoms. The largest absolute Gasteiger partial charge is 0.496 e. The molecule has 0 amide bonds. The van der Waals surface area contributed by atoms with Crippen LogP contribution in [0.5, 0.6) is 11.5 Å². The van der Waals surface area contributed by atoms with Crippen LogP contribution in [-0.4, -0.2) is 14.2 Å². The van der Waals surface area contributed by atoms with E-state index in [1.54, 1.807) is 14.2 Å². The van der Waals surface area contributed by atoms with Crippen LogP contribution in [0.3, 0.4) is 0 Å². The molecule has 1 atom stereocenters. The van der Waals surface area contributed by atoms with Crippen molar-refractivity contribution in [1.29, 1.82) is 0 Å². The molecule has 1 unspecified atom stereocenters. The highest BCUT2D eigenvalue weighted by Gasteiger charge is 2.18. The zero-order valence-electron chi connectivity index (χ0n) is 10.5. The summed E-state index contributed by atoms with van der Waals surface area (Å²) in [7, 11) is 3.31. The van der Waals surface area contributed by atoms with Crippen LogP contribution in [0, 0.1) is 5.92 Å². The first-order valence-corrected chi connectivity index (χ1v) is 5.56. The Bertz CT molecular complexity index is 314. The van der Waals surface area contributed by atoms with Crippen LogP contribution in [0.4, 0.5) is 0 Å². The lowest BCUT2D eigenvalue weighted by Gasteiger charge is -2.20. The summed E-state index contributed by atoms with van der Waals surface area (Å²) in [6, 6.07) is 5.69. The molecule has 0 saturated carbocycles. The smallest absolute Gasteiger partial charge is 0.127 e. The minimum atomic E-state index is -0.0499. The van der Waals surface area contributed by atoms with E-state index < -0.39 is 0 Å². The maximum Gasteiger partial charge on any atom is 0.127 e. The number of rotatable bonds is 5. The Balaban J connectivity index is 3.07. The molecule has 1 aromatic rings. The predicted octanol–water partition coefficient (Wildman–Crippen LogP) is 2.75. The predicted molar refractivity (Wildman–Crippen MR) is 65.9 cm³/mol. The van der Waals surface area contributed by atoms with Crippen LogP contribution in [0.15, 0.2) is 18.2 Å². The van der Waals surface area contributed by atoms with E-state index in [0.29, 0.717) is 5.92 Å². The Hall–Kier alpha value is -1.22. The Morgan fingerprint density at radius 1 is 1.12 bits per heavy atom. The van der Waals surface area contributed by atoms with E-state index in [9.17, 15) is 0 Å². The van der Waals surface area contributed by atoms with Crippen LogP contribution in [0.1, 0.15) is 31.9 Å². The number of nitrogens with two attached hydrogens (primary N) is 1. The van der Waals surface area contributed by atoms with Gasteiger partial charge >= 0.3 is 0 Å². The molecule has 0 bridgehead atoms. The van der Waals surface area contributed by atoms with Crippen molar-refractivity contribution in [3.63, 3.8) is 0 Å². The molecular formula is C13H21NO2. The second kappa shape index (κ2) is 5.75. The summed E-state index contributed by atoms with van der Waals surface area (Å²) >= 11 is 0. The van der Waals surface area contributed by atoms with E-state index in [4.69, 9.17) is 15.2 Å². The molecule has 0 spiro atoms. The Morgan fingerprint density at radius 2 is 1.62 bits per heavy atom. The third-order valence-electron chi connectivity index (χ3n) is 2.56. The van der Waals surface area contributed by atoms with Gasteiger partial charge in [0.15, 0.2) is 0 Å². The minimum absolute atomic E-state index is 0.0499. The van der Waals surface area contributed by atoms with Gasteiger partial charge < -0.3 is 15.2 Å². The zero-order valence-corrected chi connectivity index (χ0v) is 10.5. The minimum Gasteiger partial charge on any atom is -0.496 e. The fourth-order valence-electron chi connectivity index (χ4n) is 1.87. The van der Waals surface area contributed by atoms with Crippen molar-refractivity contribution in [2.24, 2.45) is 11.7 Å². The third kappa shape index (κ3) is 2.89. The van der Waals surface area contributed by atoms with Crippen molar-refractivity contribution in [3.05, 3.63) is 23.8 Å². The molecule has 0 fully saturated rings. The maximum atomic E-state index is 6.19. The van der Waals surface area contributed by atoms with Gasteiger partial charge in [-0.25, -0.2) is 0 Å². The fraction of sp³-hybridized carbons (Fsp3) is 0.538. The van der Waals surface area contributed by atoms with Gasteiger partial charge in [-0.2, -0.15) is 0 Å². The highest BCUT2D eigenvalue weighted by Crippen LogP contribution is 2.35. The normalized spacial score (nSPS) is 12.6. The first-order valence-electron chi connectivity index (χ1n) is 5.56. The van der Waals surface area contributed by atoms with E-state index in [1.165, 1.54) is 0 Å². The second-order valence-corrected chi connectivity index (χ2v) is 4.31. The van der Waals surface area contributed by atoms with Gasteiger partial charge in [-0.1, -0.05) is 19.9 Å². The topological polar surface area (TPSA) is 44.5 Å². The number of ether oxygens (including phenoxy) is 2. The van der Waals surface area contributed by atoms with Crippen molar-refractivity contribution < 1.29 is 9.47 Å². The van der Waals surface area contributed by atoms with Gasteiger partial charge in [0.2, 0.25) is 0 Å². The van der Waals surface area contributed by atoms with Crippen LogP contribution in [0.2, 0.25) is 0 Å². The first-order chi connectivity index (χ1) is 7.60. The van der Waals surface area contributed by atoms with E-state index in [-0.39, 0.29) is 6.04 Å². The molecule has 0 aromatic heterocycles. The van der Waals surface area contributed by atoms with Crippen molar-refractivity contribution in [2.45, 2.75) is 26.3 Å². The van der Waals surface area contributed by atoms with E-state index in [1.807, 2.05) is 18.2 Å². The van der Waals surface area contributed by atoms with Crippen molar-refractivity contribution in [1.82, 2.24) is 0 Å². The molecule has 2 N–H and O–H groups in total. The molecule has 0 aliphatic heterocycles. The van der Waals surface area contributed by atoms with E-state index >= 15 is 0 Å². The first kappa shape index (κ1) is 12.8. The van der Waals surface area contributed by atoms with Crippen LogP contribution in [-0.2, 0) is 0 Å². The highest BCUT2D eigenvalue weighted by atomic mass is 16.5. The average Bonchev–Trinajstić information content (AvgIpc) is 2.26. The highest BCUT2D eigenvalue weighted by molar-refractivity contribution is 5.46. The molecule has 90 valence electrons. The molecule has 0 radical (unpaired) electrons. The fourth-order valence-corrected chi connectivity index (χ4v) is 1.87. The lowest BCUT2D eigenvalue weighted by molar-refractivity contribution is 0.371. The Morgan fingerprint density at radius 3 is 2.00 bits per heavy atom. The standard InChI is InChI=1S/C13H21NO2/c1-9(2)8-10(14)13-11(15-3)6-5-7-12(13)16-4/h5-7,9-10H,8,14H2,1-4H3. The SMILES string of the molecule is COc1cccc(OC)c1C(N)CC(C)C. The molecule has 1 rings (SSSR count). The summed E-state index contributed by atoms with van der Waals surface area (Å²) < 4.78 is 10.7. The number of methoxy groups -OCH3 is 2. The quantitative estimate of drug-likeness (QED) is 0.834. The van der Waals surface area contributed by atoms with Crippen LogP contribution in [0.25, 0.3) is 0 Å². The second-order valence-electron chi connectivity index (χ2n) is 4.31. The lowest BCUT2D eigenvalue weighted by Crippen LogP contribution is -2.15. The number of benzene rings is 1. The van der Waals surface area contributed by atoms with Crippen molar-refractivity contribution in [3.8, 4) is 11.5 Å². The molecule has 1 aromatic carbocycles. The summed E-state index contributed by atoms with van der Waals surface area (Å²) in [5.74, 6) is 2.14. The van der Waals surface area contributed by atoms with Gasteiger partial charge in [-0.15, -0.1) is 0 Å². The van der Waals surface area contributed by atoms with Gasteiger partial charge in [-0.3, -0.25) is 0 Å². The Kier molecular flexibility index (Phi) is 4.62. The summed E-state index contributed by atoms with van der Waals surface area (Å²) in [6.07, 6.45) is 0.913. The average molecular weight is 223 g/mol. The molecule has 0 aliphatic rings. The lowest BCUT2D eigenvalue weighted by atomic mass is 9.96. The molecular weight excluding hydrogens is 202 g/mol. The van der Waals surface area contributed by atoms with Gasteiger partial charge in [0.25, 0.3) is 0 Å². The summed E-state index contributed by atoms with van der Waals surface area (Å²) in [4.78, 5) is 0. The van der Waals surface area contributed by atoms with Gasteiger partial charge in [0.05, 0.1) is 19.8 Å². The summed E-state index contributed by atoms with van der Waals surface area (Å²) in [6.45, 7) is 4.31. The zero-order chi connectivity index (χ0) is 12.1. The van der Waals surface area contributed by atoms with Gasteiger partial charge in [0, 0.05) is 6.04 Å². The van der Waals surface area contributed by atoms with Crippen LogP contribution >= 0.6 is 0 Å².